The highest BCUT2D eigenvalue weighted by Crippen LogP contribution is 2.20. The molecule has 0 spiro atoms. The lowest BCUT2D eigenvalue weighted by molar-refractivity contribution is 0.251. The highest BCUT2D eigenvalue weighted by molar-refractivity contribution is 5.89. The van der Waals surface area contributed by atoms with Gasteiger partial charge >= 0.3 is 6.03 Å². The van der Waals surface area contributed by atoms with Crippen LogP contribution in [0.5, 0.6) is 0 Å². The van der Waals surface area contributed by atoms with Crippen LogP contribution in [-0.4, -0.2) is 31.7 Å². The average Bonchev–Trinajstić information content (AvgIpc) is 3.19. The maximum Gasteiger partial charge on any atom is 0.319 e. The third-order valence-corrected chi connectivity index (χ3v) is 3.41. The minimum atomic E-state index is -0.234. The highest BCUT2D eigenvalue weighted by Gasteiger charge is 2.06. The minimum Gasteiger partial charge on any atom is -0.336 e. The topological polar surface area (TPSA) is 76.8 Å². The molecule has 7 heteroatoms. The molecule has 0 atom stereocenters. The van der Waals surface area contributed by atoms with Crippen molar-refractivity contribution in [2.75, 3.05) is 11.9 Å². The van der Waals surface area contributed by atoms with Gasteiger partial charge in [-0.05, 0) is 12.1 Å². The van der Waals surface area contributed by atoms with Crippen molar-refractivity contribution >= 4 is 11.7 Å². The molecule has 1 aromatic carbocycles. The Labute approximate surface area is 134 Å². The molecular weight excluding hydrogens is 292 g/mol. The lowest BCUT2D eigenvalue weighted by Crippen LogP contribution is -2.31. The number of hydrogen-bond donors (Lipinski definition) is 2. The fourth-order valence-electron chi connectivity index (χ4n) is 2.27. The van der Waals surface area contributed by atoms with Crippen molar-refractivity contribution < 1.29 is 4.79 Å². The summed E-state index contributed by atoms with van der Waals surface area (Å²) < 4.78 is 3.84. The van der Waals surface area contributed by atoms with E-state index in [4.69, 9.17) is 0 Å². The number of hydrogen-bond acceptors (Lipinski definition) is 3. The van der Waals surface area contributed by atoms with Crippen LogP contribution in [-0.2, 0) is 13.6 Å². The van der Waals surface area contributed by atoms with Gasteiger partial charge in [-0.15, -0.1) is 0 Å². The van der Waals surface area contributed by atoms with Crippen molar-refractivity contribution in [3.63, 3.8) is 0 Å². The largest absolute Gasteiger partial charge is 0.336 e. The zero-order chi connectivity index (χ0) is 16.1. The van der Waals surface area contributed by atoms with Crippen LogP contribution in [0.2, 0.25) is 0 Å². The Morgan fingerprint density at radius 3 is 2.91 bits per heavy atom. The minimum absolute atomic E-state index is 0.234. The molecular formula is C16H18N6O. The van der Waals surface area contributed by atoms with Gasteiger partial charge in [0.25, 0.3) is 0 Å². The zero-order valence-corrected chi connectivity index (χ0v) is 12.8. The highest BCUT2D eigenvalue weighted by atomic mass is 16.2. The van der Waals surface area contributed by atoms with Gasteiger partial charge in [0.05, 0.1) is 6.33 Å². The van der Waals surface area contributed by atoms with Gasteiger partial charge in [-0.1, -0.05) is 12.1 Å². The fraction of sp³-hybridized carbons (Fsp3) is 0.188. The van der Waals surface area contributed by atoms with E-state index >= 15 is 0 Å². The first-order valence-electron chi connectivity index (χ1n) is 7.31. The molecule has 0 saturated carbocycles. The van der Waals surface area contributed by atoms with Crippen molar-refractivity contribution in [1.82, 2.24) is 24.4 Å². The standard InChI is InChI=1S/C16H18N6O/c1-21-8-6-18-15(21)13-3-2-4-14(11-13)20-16(23)19-7-10-22-9-5-17-12-22/h2-6,8-9,11-12H,7,10H2,1H3,(H2,19,20,23). The molecule has 118 valence electrons. The van der Waals surface area contributed by atoms with E-state index in [0.29, 0.717) is 13.1 Å². The van der Waals surface area contributed by atoms with E-state index in [1.54, 1.807) is 18.7 Å². The predicted molar refractivity (Wildman–Crippen MR) is 87.9 cm³/mol. The number of aryl methyl sites for hydroxylation is 1. The number of carbonyl (C=O) groups excluding carboxylic acids is 1. The molecule has 0 fully saturated rings. The number of aromatic nitrogens is 4. The molecule has 2 amide bonds. The van der Waals surface area contributed by atoms with Gasteiger partial charge in [-0.25, -0.2) is 14.8 Å². The first kappa shape index (κ1) is 14.8. The molecule has 0 aliphatic rings. The zero-order valence-electron chi connectivity index (χ0n) is 12.8. The second-order valence-corrected chi connectivity index (χ2v) is 5.12. The van der Waals surface area contributed by atoms with Gasteiger partial charge in [0.2, 0.25) is 0 Å². The summed E-state index contributed by atoms with van der Waals surface area (Å²) >= 11 is 0. The lowest BCUT2D eigenvalue weighted by Gasteiger charge is -2.09. The predicted octanol–water partition coefficient (Wildman–Crippen LogP) is 2.11. The first-order chi connectivity index (χ1) is 11.2. The van der Waals surface area contributed by atoms with Crippen LogP contribution in [0.3, 0.4) is 0 Å². The molecule has 7 nitrogen and oxygen atoms in total. The van der Waals surface area contributed by atoms with Crippen LogP contribution in [0.4, 0.5) is 10.5 Å². The van der Waals surface area contributed by atoms with Crippen LogP contribution >= 0.6 is 0 Å². The monoisotopic (exact) mass is 310 g/mol. The molecule has 3 aromatic rings. The Balaban J connectivity index is 1.57. The van der Waals surface area contributed by atoms with Crippen LogP contribution in [0.15, 0.2) is 55.4 Å². The molecule has 2 heterocycles. The molecule has 0 aliphatic carbocycles. The molecule has 0 aliphatic heterocycles. The Kier molecular flexibility index (Phi) is 4.37. The number of rotatable bonds is 5. The summed E-state index contributed by atoms with van der Waals surface area (Å²) in [4.78, 5) is 20.2. The molecule has 0 unspecified atom stereocenters. The molecule has 0 bridgehead atoms. The molecule has 2 aromatic heterocycles. The Hall–Kier alpha value is -3.09. The quantitative estimate of drug-likeness (QED) is 0.757. The van der Waals surface area contributed by atoms with Crippen LogP contribution < -0.4 is 10.6 Å². The summed E-state index contributed by atoms with van der Waals surface area (Å²) in [6.45, 7) is 1.21. The maximum absolute atomic E-state index is 11.9. The van der Waals surface area contributed by atoms with E-state index in [9.17, 15) is 4.79 Å². The molecule has 0 radical (unpaired) electrons. The Morgan fingerprint density at radius 1 is 1.26 bits per heavy atom. The van der Waals surface area contributed by atoms with E-state index in [1.807, 2.05) is 52.8 Å². The SMILES string of the molecule is Cn1ccnc1-c1cccc(NC(=O)NCCn2ccnc2)c1. The van der Waals surface area contributed by atoms with Gasteiger partial charge in [0.1, 0.15) is 5.82 Å². The summed E-state index contributed by atoms with van der Waals surface area (Å²) in [5.41, 5.74) is 1.68. The van der Waals surface area contributed by atoms with Crippen molar-refractivity contribution in [2.45, 2.75) is 6.54 Å². The third kappa shape index (κ3) is 3.76. The van der Waals surface area contributed by atoms with E-state index in [1.165, 1.54) is 0 Å². The van der Waals surface area contributed by atoms with Crippen molar-refractivity contribution in [1.29, 1.82) is 0 Å². The number of benzene rings is 1. The number of amides is 2. The normalized spacial score (nSPS) is 10.5. The van der Waals surface area contributed by atoms with Gasteiger partial charge in [0, 0.05) is 56.2 Å². The third-order valence-electron chi connectivity index (χ3n) is 3.41. The first-order valence-corrected chi connectivity index (χ1v) is 7.31. The molecule has 23 heavy (non-hydrogen) atoms. The van der Waals surface area contributed by atoms with Gasteiger partial charge < -0.3 is 19.8 Å². The smallest absolute Gasteiger partial charge is 0.319 e. The second-order valence-electron chi connectivity index (χ2n) is 5.12. The number of carbonyl (C=O) groups is 1. The maximum atomic E-state index is 11.9. The van der Waals surface area contributed by atoms with Crippen molar-refractivity contribution in [2.24, 2.45) is 7.05 Å². The molecule has 2 N–H and O–H groups in total. The van der Waals surface area contributed by atoms with Gasteiger partial charge in [-0.3, -0.25) is 0 Å². The Bertz CT molecular complexity index is 777. The number of nitrogens with one attached hydrogen (secondary N) is 2. The summed E-state index contributed by atoms with van der Waals surface area (Å²) in [6.07, 6.45) is 8.92. The summed E-state index contributed by atoms with van der Waals surface area (Å²) in [6, 6.07) is 7.37. The second kappa shape index (κ2) is 6.78. The number of urea groups is 1. The van der Waals surface area contributed by atoms with E-state index < -0.39 is 0 Å². The molecule has 3 rings (SSSR count). The van der Waals surface area contributed by atoms with Crippen molar-refractivity contribution in [3.8, 4) is 11.4 Å². The summed E-state index contributed by atoms with van der Waals surface area (Å²) in [5.74, 6) is 0.856. The number of imidazole rings is 2. The summed E-state index contributed by atoms with van der Waals surface area (Å²) in [7, 11) is 1.94. The van der Waals surface area contributed by atoms with Crippen LogP contribution in [0.1, 0.15) is 0 Å². The lowest BCUT2D eigenvalue weighted by atomic mass is 10.2. The van der Waals surface area contributed by atoms with Gasteiger partial charge in [0.15, 0.2) is 0 Å². The molecule has 0 saturated heterocycles. The summed E-state index contributed by atoms with van der Waals surface area (Å²) in [5, 5.41) is 5.65. The van der Waals surface area contributed by atoms with Crippen LogP contribution in [0.25, 0.3) is 11.4 Å². The van der Waals surface area contributed by atoms with E-state index in [2.05, 4.69) is 20.6 Å². The average molecular weight is 310 g/mol. The fourth-order valence-corrected chi connectivity index (χ4v) is 2.27. The number of anilines is 1. The van der Waals surface area contributed by atoms with E-state index in [0.717, 1.165) is 17.1 Å². The van der Waals surface area contributed by atoms with Gasteiger partial charge in [-0.2, -0.15) is 0 Å². The Morgan fingerprint density at radius 2 is 2.17 bits per heavy atom. The number of nitrogens with zero attached hydrogens (tertiary/aromatic N) is 4. The van der Waals surface area contributed by atoms with Crippen molar-refractivity contribution in [3.05, 3.63) is 55.4 Å². The van der Waals surface area contributed by atoms with E-state index in [-0.39, 0.29) is 6.03 Å². The van der Waals surface area contributed by atoms with Crippen LogP contribution in [0, 0.1) is 0 Å².